The molecule has 1 rings (SSSR count). The smallest absolute Gasteiger partial charge is 0.335 e. The van der Waals surface area contributed by atoms with Crippen molar-refractivity contribution in [3.8, 4) is 0 Å². The predicted molar refractivity (Wildman–Crippen MR) is 56.3 cm³/mol. The van der Waals surface area contributed by atoms with Crippen LogP contribution in [0.25, 0.3) is 0 Å². The average Bonchev–Trinajstić information content (AvgIpc) is 2.15. The van der Waals surface area contributed by atoms with Gasteiger partial charge in [-0.2, -0.15) is 0 Å². The van der Waals surface area contributed by atoms with Crippen molar-refractivity contribution in [3.05, 3.63) is 34.9 Å². The van der Waals surface area contributed by atoms with Crippen LogP contribution in [-0.4, -0.2) is 22.8 Å². The molecule has 16 heavy (non-hydrogen) atoms. The summed E-state index contributed by atoms with van der Waals surface area (Å²) in [6.45, 7) is 1.33. The number of benzene rings is 1. The Morgan fingerprint density at radius 2 is 1.75 bits per heavy atom. The molecular weight excluding hydrogens is 210 g/mol. The number of carbonyl (C=O) groups excluding carboxylic acids is 2. The minimum Gasteiger partial charge on any atom is -0.478 e. The molecule has 5 heteroatoms. The van der Waals surface area contributed by atoms with Gasteiger partial charge >= 0.3 is 5.97 Å². The van der Waals surface area contributed by atoms with Gasteiger partial charge in [-0.25, -0.2) is 4.79 Å². The lowest BCUT2D eigenvalue weighted by molar-refractivity contribution is -0.117. The van der Waals surface area contributed by atoms with Crippen molar-refractivity contribution in [3.63, 3.8) is 0 Å². The summed E-state index contributed by atoms with van der Waals surface area (Å²) in [4.78, 5) is 32.7. The highest BCUT2D eigenvalue weighted by molar-refractivity contribution is 5.98. The van der Waals surface area contributed by atoms with Crippen LogP contribution >= 0.6 is 0 Å². The first-order valence-electron chi connectivity index (χ1n) is 4.56. The van der Waals surface area contributed by atoms with E-state index in [-0.39, 0.29) is 23.3 Å². The molecule has 0 aliphatic rings. The lowest BCUT2D eigenvalue weighted by Gasteiger charge is -2.04. The lowest BCUT2D eigenvalue weighted by atomic mass is 10.0. The molecule has 0 saturated carbocycles. The summed E-state index contributed by atoms with van der Waals surface area (Å²) >= 11 is 0. The quantitative estimate of drug-likeness (QED) is 0.728. The van der Waals surface area contributed by atoms with Crippen molar-refractivity contribution in [2.75, 3.05) is 0 Å². The molecule has 0 aliphatic carbocycles. The van der Waals surface area contributed by atoms with E-state index in [4.69, 9.17) is 10.8 Å². The van der Waals surface area contributed by atoms with Gasteiger partial charge in [-0.15, -0.1) is 0 Å². The number of hydrogen-bond donors (Lipinski definition) is 2. The number of carboxylic acids is 1. The van der Waals surface area contributed by atoms with Crippen LogP contribution in [0.1, 0.15) is 33.2 Å². The third-order valence-corrected chi connectivity index (χ3v) is 2.02. The van der Waals surface area contributed by atoms with Gasteiger partial charge in [-0.1, -0.05) is 0 Å². The van der Waals surface area contributed by atoms with Crippen LogP contribution in [0, 0.1) is 0 Å². The van der Waals surface area contributed by atoms with Crippen molar-refractivity contribution in [1.29, 1.82) is 0 Å². The number of ketones is 1. The fourth-order valence-corrected chi connectivity index (χ4v) is 1.32. The molecule has 84 valence electrons. The highest BCUT2D eigenvalue weighted by Gasteiger charge is 2.10. The Labute approximate surface area is 91.9 Å². The summed E-state index contributed by atoms with van der Waals surface area (Å²) in [5.74, 6) is -1.97. The van der Waals surface area contributed by atoms with Crippen molar-refractivity contribution >= 4 is 17.7 Å². The maximum atomic E-state index is 11.1. The highest BCUT2D eigenvalue weighted by atomic mass is 16.4. The van der Waals surface area contributed by atoms with E-state index in [0.717, 1.165) is 0 Å². The van der Waals surface area contributed by atoms with E-state index < -0.39 is 11.9 Å². The van der Waals surface area contributed by atoms with Crippen LogP contribution in [0.5, 0.6) is 0 Å². The van der Waals surface area contributed by atoms with Gasteiger partial charge in [0.25, 0.3) is 0 Å². The van der Waals surface area contributed by atoms with Gasteiger partial charge in [0.05, 0.1) is 12.0 Å². The third kappa shape index (κ3) is 2.91. The van der Waals surface area contributed by atoms with Gasteiger partial charge < -0.3 is 10.8 Å². The number of nitrogens with two attached hydrogens (primary N) is 1. The molecular formula is C11H11NO4. The summed E-state index contributed by atoms with van der Waals surface area (Å²) in [5, 5.41) is 8.82. The zero-order chi connectivity index (χ0) is 12.3. The standard InChI is InChI=1S/C11H11NO4/c1-6(13)8-2-7(4-10(12)14)3-9(5-8)11(15)16/h2-3,5H,4H2,1H3,(H2,12,14)(H,15,16). The molecule has 0 bridgehead atoms. The normalized spacial score (nSPS) is 9.81. The Hall–Kier alpha value is -2.17. The van der Waals surface area contributed by atoms with E-state index in [2.05, 4.69) is 0 Å². The van der Waals surface area contributed by atoms with Crippen LogP contribution in [0.4, 0.5) is 0 Å². The minimum atomic E-state index is -1.14. The van der Waals surface area contributed by atoms with Crippen LogP contribution in [0.15, 0.2) is 18.2 Å². The Kier molecular flexibility index (Phi) is 3.40. The number of aromatic carboxylic acids is 1. The van der Waals surface area contributed by atoms with Crippen molar-refractivity contribution < 1.29 is 19.5 Å². The zero-order valence-electron chi connectivity index (χ0n) is 8.69. The molecule has 0 spiro atoms. The summed E-state index contributed by atoms with van der Waals surface area (Å²) in [5.41, 5.74) is 5.67. The Balaban J connectivity index is 3.23. The van der Waals surface area contributed by atoms with E-state index in [1.807, 2.05) is 0 Å². The largest absolute Gasteiger partial charge is 0.478 e. The molecule has 0 fully saturated rings. The van der Waals surface area contributed by atoms with Gasteiger partial charge in [-0.05, 0) is 30.7 Å². The minimum absolute atomic E-state index is 0.0241. The number of rotatable bonds is 4. The first-order valence-corrected chi connectivity index (χ1v) is 4.56. The zero-order valence-corrected chi connectivity index (χ0v) is 8.69. The molecule has 0 atom stereocenters. The van der Waals surface area contributed by atoms with Gasteiger partial charge in [0.1, 0.15) is 0 Å². The topological polar surface area (TPSA) is 97.5 Å². The van der Waals surface area contributed by atoms with Crippen molar-refractivity contribution in [1.82, 2.24) is 0 Å². The molecule has 0 heterocycles. The molecule has 0 aliphatic heterocycles. The van der Waals surface area contributed by atoms with Gasteiger partial charge in [0, 0.05) is 5.56 Å². The summed E-state index contributed by atoms with van der Waals surface area (Å²) < 4.78 is 0. The third-order valence-electron chi connectivity index (χ3n) is 2.02. The summed E-state index contributed by atoms with van der Waals surface area (Å²) in [6.07, 6.45) is -0.0819. The molecule has 0 aromatic heterocycles. The van der Waals surface area contributed by atoms with Crippen LogP contribution in [0.3, 0.4) is 0 Å². The SMILES string of the molecule is CC(=O)c1cc(CC(N)=O)cc(C(=O)O)c1. The number of carbonyl (C=O) groups is 3. The van der Waals surface area contributed by atoms with E-state index in [1.165, 1.54) is 25.1 Å². The van der Waals surface area contributed by atoms with Gasteiger partial charge in [-0.3, -0.25) is 9.59 Å². The molecule has 0 radical (unpaired) electrons. The molecule has 0 unspecified atom stereocenters. The first-order chi connectivity index (χ1) is 7.40. The second-order valence-electron chi connectivity index (χ2n) is 3.42. The molecule has 0 saturated heterocycles. The van der Waals surface area contributed by atoms with Gasteiger partial charge in [0.15, 0.2) is 5.78 Å². The van der Waals surface area contributed by atoms with Gasteiger partial charge in [0.2, 0.25) is 5.91 Å². The summed E-state index contributed by atoms with van der Waals surface area (Å²) in [6, 6.07) is 4.08. The molecule has 3 N–H and O–H groups in total. The summed E-state index contributed by atoms with van der Waals surface area (Å²) in [7, 11) is 0. The van der Waals surface area contributed by atoms with Crippen LogP contribution in [-0.2, 0) is 11.2 Å². The van der Waals surface area contributed by atoms with Crippen molar-refractivity contribution in [2.45, 2.75) is 13.3 Å². The molecule has 1 amide bonds. The van der Waals surface area contributed by atoms with E-state index in [1.54, 1.807) is 0 Å². The second-order valence-corrected chi connectivity index (χ2v) is 3.42. The van der Waals surface area contributed by atoms with Crippen LogP contribution < -0.4 is 5.73 Å². The van der Waals surface area contributed by atoms with E-state index in [0.29, 0.717) is 5.56 Å². The molecule has 1 aromatic rings. The fourth-order valence-electron chi connectivity index (χ4n) is 1.32. The van der Waals surface area contributed by atoms with E-state index >= 15 is 0 Å². The first kappa shape index (κ1) is 11.9. The Bertz CT molecular complexity index is 433. The average molecular weight is 221 g/mol. The maximum absolute atomic E-state index is 11.1. The second kappa shape index (κ2) is 4.57. The fraction of sp³-hybridized carbons (Fsp3) is 0.182. The van der Waals surface area contributed by atoms with Crippen LogP contribution in [0.2, 0.25) is 0 Å². The Morgan fingerprint density at radius 1 is 1.19 bits per heavy atom. The number of amides is 1. The Morgan fingerprint density at radius 3 is 2.19 bits per heavy atom. The lowest BCUT2D eigenvalue weighted by Crippen LogP contribution is -2.14. The number of hydrogen-bond acceptors (Lipinski definition) is 3. The van der Waals surface area contributed by atoms with Crippen molar-refractivity contribution in [2.24, 2.45) is 5.73 Å². The highest BCUT2D eigenvalue weighted by Crippen LogP contribution is 2.12. The monoisotopic (exact) mass is 221 g/mol. The number of primary amides is 1. The number of carboxylic acid groups (broad SMARTS) is 1. The number of Topliss-reactive ketones (excluding diaryl/α,β-unsaturated/α-hetero) is 1. The molecule has 5 nitrogen and oxygen atoms in total. The van der Waals surface area contributed by atoms with E-state index in [9.17, 15) is 14.4 Å². The predicted octanol–water partition coefficient (Wildman–Crippen LogP) is 0.615. The maximum Gasteiger partial charge on any atom is 0.335 e. The molecule has 1 aromatic carbocycles.